The molecule has 0 aromatic heterocycles. The van der Waals surface area contributed by atoms with Gasteiger partial charge in [0.25, 0.3) is 5.91 Å². The fraction of sp³-hybridized carbons (Fsp3) is 0. The van der Waals surface area contributed by atoms with Crippen LogP contribution in [0.3, 0.4) is 0 Å². The average molecular weight is 190 g/mol. The molecule has 0 heterocycles. The van der Waals surface area contributed by atoms with Gasteiger partial charge in [-0.2, -0.15) is 0 Å². The van der Waals surface area contributed by atoms with E-state index in [2.05, 4.69) is 6.58 Å². The molecule has 0 saturated heterocycles. The molecule has 1 amide bonds. The van der Waals surface area contributed by atoms with Gasteiger partial charge in [-0.05, 0) is 12.1 Å². The summed E-state index contributed by atoms with van der Waals surface area (Å²) in [6.45, 7) is 3.35. The lowest BCUT2D eigenvalue weighted by atomic mass is 10.0. The number of allylic oxidation sites excluding steroid dienone is 1. The summed E-state index contributed by atoms with van der Waals surface area (Å²) in [5.74, 6) is 4.19. The predicted octanol–water partition coefficient (Wildman–Crippen LogP) is 0.659. The Bertz CT molecular complexity index is 385. The molecule has 0 aliphatic rings. The van der Waals surface area contributed by atoms with Crippen LogP contribution in [-0.4, -0.2) is 11.7 Å². The van der Waals surface area contributed by atoms with Crippen molar-refractivity contribution < 1.29 is 9.59 Å². The molecule has 3 N–H and O–H groups in total. The van der Waals surface area contributed by atoms with Gasteiger partial charge in [-0.3, -0.25) is 15.0 Å². The quantitative estimate of drug-likeness (QED) is 0.242. The van der Waals surface area contributed by atoms with Gasteiger partial charge in [0.2, 0.25) is 0 Å². The zero-order valence-corrected chi connectivity index (χ0v) is 7.49. The highest BCUT2D eigenvalue weighted by Gasteiger charge is 2.12. The van der Waals surface area contributed by atoms with Crippen LogP contribution in [0.5, 0.6) is 0 Å². The van der Waals surface area contributed by atoms with Crippen molar-refractivity contribution in [2.45, 2.75) is 0 Å². The van der Waals surface area contributed by atoms with Crippen LogP contribution in [0.15, 0.2) is 36.9 Å². The first-order chi connectivity index (χ1) is 6.70. The number of hydrogen-bond acceptors (Lipinski definition) is 3. The fourth-order valence-corrected chi connectivity index (χ4v) is 1.08. The average Bonchev–Trinajstić information content (AvgIpc) is 2.27. The summed E-state index contributed by atoms with van der Waals surface area (Å²) in [7, 11) is 0. The van der Waals surface area contributed by atoms with Crippen LogP contribution in [0.2, 0.25) is 0 Å². The van der Waals surface area contributed by atoms with Gasteiger partial charge in [0.1, 0.15) is 0 Å². The third-order valence-corrected chi connectivity index (χ3v) is 1.75. The number of nitrogens with one attached hydrogen (secondary N) is 1. The molecule has 1 aromatic carbocycles. The summed E-state index contributed by atoms with van der Waals surface area (Å²) in [5, 5.41) is 0. The molecule has 14 heavy (non-hydrogen) atoms. The Kier molecular flexibility index (Phi) is 3.14. The van der Waals surface area contributed by atoms with E-state index in [9.17, 15) is 9.59 Å². The first-order valence-electron chi connectivity index (χ1n) is 3.97. The zero-order chi connectivity index (χ0) is 10.6. The van der Waals surface area contributed by atoms with Crippen molar-refractivity contribution >= 4 is 11.7 Å². The van der Waals surface area contributed by atoms with Gasteiger partial charge in [-0.15, -0.1) is 0 Å². The second kappa shape index (κ2) is 4.34. The number of amides is 1. The number of carbonyl (C=O) groups excluding carboxylic acids is 2. The Balaban J connectivity index is 3.22. The second-order valence-corrected chi connectivity index (χ2v) is 2.59. The van der Waals surface area contributed by atoms with Crippen molar-refractivity contribution in [1.29, 1.82) is 0 Å². The molecule has 4 heteroatoms. The first-order valence-corrected chi connectivity index (χ1v) is 3.97. The lowest BCUT2D eigenvalue weighted by Crippen LogP contribution is -2.31. The molecule has 0 atom stereocenters. The van der Waals surface area contributed by atoms with Crippen LogP contribution in [0.1, 0.15) is 20.7 Å². The Labute approximate surface area is 81.4 Å². The summed E-state index contributed by atoms with van der Waals surface area (Å²) in [4.78, 5) is 22.5. The lowest BCUT2D eigenvalue weighted by Gasteiger charge is -2.04. The van der Waals surface area contributed by atoms with Gasteiger partial charge in [-0.25, -0.2) is 5.84 Å². The monoisotopic (exact) mass is 190 g/mol. The van der Waals surface area contributed by atoms with Crippen molar-refractivity contribution in [3.05, 3.63) is 48.0 Å². The van der Waals surface area contributed by atoms with Crippen LogP contribution >= 0.6 is 0 Å². The van der Waals surface area contributed by atoms with Crippen LogP contribution in [-0.2, 0) is 0 Å². The number of nitrogen functional groups attached to an aromatic ring is 1. The number of benzene rings is 1. The minimum Gasteiger partial charge on any atom is -0.290 e. The van der Waals surface area contributed by atoms with Crippen molar-refractivity contribution in [2.24, 2.45) is 5.84 Å². The molecular weight excluding hydrogens is 180 g/mol. The maximum atomic E-state index is 11.3. The number of ketones is 1. The van der Waals surface area contributed by atoms with Crippen molar-refractivity contribution in [2.75, 3.05) is 0 Å². The Morgan fingerprint density at radius 3 is 2.36 bits per heavy atom. The maximum absolute atomic E-state index is 11.3. The third-order valence-electron chi connectivity index (χ3n) is 1.75. The molecule has 0 spiro atoms. The van der Waals surface area contributed by atoms with E-state index in [0.29, 0.717) is 5.56 Å². The molecule has 4 nitrogen and oxygen atoms in total. The summed E-state index contributed by atoms with van der Waals surface area (Å²) in [6, 6.07) is 6.40. The molecule has 0 aliphatic heterocycles. The van der Waals surface area contributed by atoms with E-state index in [-0.39, 0.29) is 11.3 Å². The summed E-state index contributed by atoms with van der Waals surface area (Å²) in [6.07, 6.45) is 1.16. The standard InChI is InChI=1S/C10H10N2O2/c1-2-9(13)7-5-3-4-6-8(7)10(14)12-11/h2-6H,1,11H2,(H,12,14). The third kappa shape index (κ3) is 1.86. The van der Waals surface area contributed by atoms with Crippen LogP contribution in [0.4, 0.5) is 0 Å². The highest BCUT2D eigenvalue weighted by atomic mass is 16.2. The van der Waals surface area contributed by atoms with Gasteiger partial charge in [0, 0.05) is 5.56 Å². The summed E-state index contributed by atoms with van der Waals surface area (Å²) in [5.41, 5.74) is 2.52. The van der Waals surface area contributed by atoms with Gasteiger partial charge >= 0.3 is 0 Å². The van der Waals surface area contributed by atoms with Gasteiger partial charge in [0.05, 0.1) is 5.56 Å². The summed E-state index contributed by atoms with van der Waals surface area (Å²) >= 11 is 0. The molecule has 0 saturated carbocycles. The molecule has 0 aliphatic carbocycles. The number of hydrazine groups is 1. The van der Waals surface area contributed by atoms with Crippen molar-refractivity contribution in [1.82, 2.24) is 5.43 Å². The molecular formula is C10H10N2O2. The Hall–Kier alpha value is -1.94. The minimum atomic E-state index is -0.490. The van der Waals surface area contributed by atoms with Crippen LogP contribution in [0, 0.1) is 0 Å². The van der Waals surface area contributed by atoms with Crippen molar-refractivity contribution in [3.8, 4) is 0 Å². The van der Waals surface area contributed by atoms with E-state index in [1.54, 1.807) is 18.2 Å². The second-order valence-electron chi connectivity index (χ2n) is 2.59. The van der Waals surface area contributed by atoms with E-state index in [0.717, 1.165) is 6.08 Å². The normalized spacial score (nSPS) is 9.21. The maximum Gasteiger partial charge on any atom is 0.265 e. The largest absolute Gasteiger partial charge is 0.290 e. The highest BCUT2D eigenvalue weighted by molar-refractivity contribution is 6.12. The number of nitrogens with two attached hydrogens (primary N) is 1. The lowest BCUT2D eigenvalue weighted by molar-refractivity contribution is 0.0943. The summed E-state index contributed by atoms with van der Waals surface area (Å²) < 4.78 is 0. The van der Waals surface area contributed by atoms with E-state index < -0.39 is 5.91 Å². The zero-order valence-electron chi connectivity index (χ0n) is 7.49. The van der Waals surface area contributed by atoms with E-state index in [1.165, 1.54) is 6.07 Å². The molecule has 0 radical (unpaired) electrons. The van der Waals surface area contributed by atoms with E-state index >= 15 is 0 Å². The van der Waals surface area contributed by atoms with E-state index in [1.807, 2.05) is 5.43 Å². The molecule has 0 bridgehead atoms. The van der Waals surface area contributed by atoms with Crippen LogP contribution in [0.25, 0.3) is 0 Å². The molecule has 1 aromatic rings. The highest BCUT2D eigenvalue weighted by Crippen LogP contribution is 2.09. The fourth-order valence-electron chi connectivity index (χ4n) is 1.08. The number of rotatable bonds is 3. The first kappa shape index (κ1) is 10.1. The minimum absolute atomic E-state index is 0.250. The van der Waals surface area contributed by atoms with Crippen molar-refractivity contribution in [3.63, 3.8) is 0 Å². The molecule has 1 rings (SSSR count). The molecule has 0 unspecified atom stereocenters. The topological polar surface area (TPSA) is 72.2 Å². The Morgan fingerprint density at radius 1 is 1.29 bits per heavy atom. The van der Waals surface area contributed by atoms with Gasteiger partial charge in [-0.1, -0.05) is 24.8 Å². The molecule has 72 valence electrons. The molecule has 0 fully saturated rings. The SMILES string of the molecule is C=CC(=O)c1ccccc1C(=O)NN. The van der Waals surface area contributed by atoms with E-state index in [4.69, 9.17) is 5.84 Å². The Morgan fingerprint density at radius 2 is 1.86 bits per heavy atom. The smallest absolute Gasteiger partial charge is 0.265 e. The van der Waals surface area contributed by atoms with Crippen LogP contribution < -0.4 is 11.3 Å². The number of hydrogen-bond donors (Lipinski definition) is 2. The number of carbonyl (C=O) groups is 2. The predicted molar refractivity (Wildman–Crippen MR) is 52.6 cm³/mol. The van der Waals surface area contributed by atoms with Gasteiger partial charge < -0.3 is 0 Å². The van der Waals surface area contributed by atoms with Gasteiger partial charge in [0.15, 0.2) is 5.78 Å².